The number of alkyl halides is 3. The summed E-state index contributed by atoms with van der Waals surface area (Å²) < 4.78 is 62.4. The minimum Gasteiger partial charge on any atom is -0.346 e. The van der Waals surface area contributed by atoms with Crippen molar-refractivity contribution in [1.29, 1.82) is 0 Å². The average molecular weight is 294 g/mol. The molecule has 0 unspecified atom stereocenters. The van der Waals surface area contributed by atoms with Gasteiger partial charge in [-0.15, -0.1) is 0 Å². The van der Waals surface area contributed by atoms with Gasteiger partial charge in [0.2, 0.25) is 0 Å². The van der Waals surface area contributed by atoms with Crippen molar-refractivity contribution in [2.24, 2.45) is 0 Å². The molecule has 19 heavy (non-hydrogen) atoms. The van der Waals surface area contributed by atoms with Gasteiger partial charge in [0.15, 0.2) is 9.84 Å². The SMILES string of the molecule is O=S(=O)(c1cccc(C(F)(F)F)c1)C1CC[NH2+]CC1. The summed E-state index contributed by atoms with van der Waals surface area (Å²) in [4.78, 5) is -0.228. The molecule has 0 saturated carbocycles. The van der Waals surface area contributed by atoms with E-state index in [9.17, 15) is 21.6 Å². The van der Waals surface area contributed by atoms with Crippen molar-refractivity contribution in [3.8, 4) is 0 Å². The van der Waals surface area contributed by atoms with Crippen LogP contribution in [0.15, 0.2) is 29.2 Å². The van der Waals surface area contributed by atoms with Gasteiger partial charge in [-0.25, -0.2) is 8.42 Å². The van der Waals surface area contributed by atoms with E-state index in [0.717, 1.165) is 18.2 Å². The maximum Gasteiger partial charge on any atom is 0.416 e. The summed E-state index contributed by atoms with van der Waals surface area (Å²) in [5, 5.41) is 1.44. The maximum absolute atomic E-state index is 12.6. The van der Waals surface area contributed by atoms with Crippen LogP contribution >= 0.6 is 0 Å². The Labute approximate surface area is 109 Å². The van der Waals surface area contributed by atoms with Crippen molar-refractivity contribution in [2.75, 3.05) is 13.1 Å². The Bertz CT molecular complexity index is 548. The van der Waals surface area contributed by atoms with Crippen LogP contribution in [0, 0.1) is 0 Å². The lowest BCUT2D eigenvalue weighted by Gasteiger charge is -2.21. The van der Waals surface area contributed by atoms with Crippen LogP contribution in [-0.4, -0.2) is 26.8 Å². The highest BCUT2D eigenvalue weighted by Gasteiger charge is 2.34. The minimum atomic E-state index is -4.52. The van der Waals surface area contributed by atoms with Gasteiger partial charge in [-0.05, 0) is 18.2 Å². The van der Waals surface area contributed by atoms with Crippen molar-refractivity contribution in [3.05, 3.63) is 29.8 Å². The molecule has 2 rings (SSSR count). The zero-order valence-electron chi connectivity index (χ0n) is 10.2. The van der Waals surface area contributed by atoms with Crippen molar-refractivity contribution in [2.45, 2.75) is 29.2 Å². The zero-order chi connectivity index (χ0) is 14.1. The van der Waals surface area contributed by atoms with Gasteiger partial charge in [0.25, 0.3) is 0 Å². The van der Waals surface area contributed by atoms with Crippen LogP contribution in [0.25, 0.3) is 0 Å². The predicted octanol–water partition coefficient (Wildman–Crippen LogP) is 1.20. The molecule has 3 nitrogen and oxygen atoms in total. The first kappa shape index (κ1) is 14.3. The molecule has 1 aromatic rings. The summed E-state index contributed by atoms with van der Waals surface area (Å²) in [6, 6.07) is 3.99. The number of halogens is 3. The monoisotopic (exact) mass is 294 g/mol. The molecule has 0 aromatic heterocycles. The van der Waals surface area contributed by atoms with E-state index in [1.165, 1.54) is 6.07 Å². The molecule has 1 fully saturated rings. The summed E-state index contributed by atoms with van der Waals surface area (Å²) in [7, 11) is -3.66. The van der Waals surface area contributed by atoms with Crippen LogP contribution in [0.2, 0.25) is 0 Å². The Morgan fingerprint density at radius 2 is 1.79 bits per heavy atom. The predicted molar refractivity (Wildman–Crippen MR) is 63.3 cm³/mol. The minimum absolute atomic E-state index is 0.228. The number of rotatable bonds is 2. The molecule has 1 aromatic carbocycles. The van der Waals surface area contributed by atoms with E-state index in [1.807, 2.05) is 5.32 Å². The molecule has 7 heteroatoms. The number of hydrogen-bond acceptors (Lipinski definition) is 2. The molecule has 0 atom stereocenters. The number of piperidine rings is 1. The highest BCUT2D eigenvalue weighted by Crippen LogP contribution is 2.31. The van der Waals surface area contributed by atoms with E-state index < -0.39 is 26.8 Å². The van der Waals surface area contributed by atoms with Crippen LogP contribution in [0.5, 0.6) is 0 Å². The highest BCUT2D eigenvalue weighted by atomic mass is 32.2. The first-order chi connectivity index (χ1) is 8.82. The topological polar surface area (TPSA) is 50.8 Å². The Morgan fingerprint density at radius 3 is 2.37 bits per heavy atom. The van der Waals surface area contributed by atoms with Crippen LogP contribution in [0.1, 0.15) is 18.4 Å². The number of nitrogens with two attached hydrogens (primary N) is 1. The molecule has 0 bridgehead atoms. The lowest BCUT2D eigenvalue weighted by molar-refractivity contribution is -0.661. The van der Waals surface area contributed by atoms with E-state index >= 15 is 0 Å². The number of benzene rings is 1. The smallest absolute Gasteiger partial charge is 0.346 e. The first-order valence-corrected chi connectivity index (χ1v) is 7.59. The highest BCUT2D eigenvalue weighted by molar-refractivity contribution is 7.92. The zero-order valence-corrected chi connectivity index (χ0v) is 11.0. The van der Waals surface area contributed by atoms with Gasteiger partial charge in [-0.3, -0.25) is 0 Å². The summed E-state index contributed by atoms with van der Waals surface area (Å²) in [6.07, 6.45) is -3.55. The quantitative estimate of drug-likeness (QED) is 0.891. The Kier molecular flexibility index (Phi) is 3.87. The van der Waals surface area contributed by atoms with Crippen molar-refractivity contribution < 1.29 is 26.9 Å². The molecule has 0 spiro atoms. The third-order valence-electron chi connectivity index (χ3n) is 3.31. The molecule has 0 amide bonds. The molecule has 1 aliphatic rings. The molecule has 0 aliphatic carbocycles. The fourth-order valence-electron chi connectivity index (χ4n) is 2.25. The Hall–Kier alpha value is -1.08. The second-order valence-electron chi connectivity index (χ2n) is 4.64. The van der Waals surface area contributed by atoms with Crippen LogP contribution in [0.4, 0.5) is 13.2 Å². The fraction of sp³-hybridized carbons (Fsp3) is 0.500. The lowest BCUT2D eigenvalue weighted by atomic mass is 10.2. The number of sulfone groups is 1. The van der Waals surface area contributed by atoms with Gasteiger partial charge in [0, 0.05) is 12.8 Å². The Balaban J connectivity index is 2.35. The summed E-state index contributed by atoms with van der Waals surface area (Å²) in [5.74, 6) is 0. The lowest BCUT2D eigenvalue weighted by Crippen LogP contribution is -2.87. The number of quaternary nitrogens is 1. The van der Waals surface area contributed by atoms with Gasteiger partial charge in [0.05, 0.1) is 28.8 Å². The molecular weight excluding hydrogens is 279 g/mol. The molecule has 0 radical (unpaired) electrons. The van der Waals surface area contributed by atoms with Crippen molar-refractivity contribution >= 4 is 9.84 Å². The molecule has 106 valence electrons. The average Bonchev–Trinajstić information content (AvgIpc) is 2.39. The van der Waals surface area contributed by atoms with Gasteiger partial charge in [-0.2, -0.15) is 13.2 Å². The Morgan fingerprint density at radius 1 is 1.16 bits per heavy atom. The summed E-state index contributed by atoms with van der Waals surface area (Å²) in [6.45, 7) is 1.39. The summed E-state index contributed by atoms with van der Waals surface area (Å²) >= 11 is 0. The third kappa shape index (κ3) is 3.09. The number of hydrogen-bond donors (Lipinski definition) is 1. The standard InChI is InChI=1S/C12H14F3NO2S/c13-12(14,15)9-2-1-3-11(8-9)19(17,18)10-4-6-16-7-5-10/h1-3,8,10,16H,4-7H2/p+1. The molecule has 1 heterocycles. The normalized spacial score (nSPS) is 18.5. The second kappa shape index (κ2) is 5.13. The van der Waals surface area contributed by atoms with Crippen molar-refractivity contribution in [3.63, 3.8) is 0 Å². The van der Waals surface area contributed by atoms with E-state index in [1.54, 1.807) is 0 Å². The van der Waals surface area contributed by atoms with Gasteiger partial charge < -0.3 is 5.32 Å². The van der Waals surface area contributed by atoms with E-state index in [2.05, 4.69) is 0 Å². The molecule has 1 saturated heterocycles. The molecular formula is C12H15F3NO2S+. The largest absolute Gasteiger partial charge is 0.416 e. The second-order valence-corrected chi connectivity index (χ2v) is 6.86. The van der Waals surface area contributed by atoms with Crippen LogP contribution in [0.3, 0.4) is 0 Å². The molecule has 2 N–H and O–H groups in total. The van der Waals surface area contributed by atoms with Gasteiger partial charge in [0.1, 0.15) is 0 Å². The molecule has 1 aliphatic heterocycles. The van der Waals surface area contributed by atoms with Crippen LogP contribution in [-0.2, 0) is 16.0 Å². The summed E-state index contributed by atoms with van der Waals surface area (Å²) in [5.41, 5.74) is -0.920. The maximum atomic E-state index is 12.6. The van der Waals surface area contributed by atoms with Gasteiger partial charge in [-0.1, -0.05) is 6.07 Å². The fourth-order valence-corrected chi connectivity index (χ4v) is 4.09. The van der Waals surface area contributed by atoms with E-state index in [0.29, 0.717) is 25.9 Å². The third-order valence-corrected chi connectivity index (χ3v) is 5.57. The van der Waals surface area contributed by atoms with E-state index in [4.69, 9.17) is 0 Å². The van der Waals surface area contributed by atoms with Crippen LogP contribution < -0.4 is 5.32 Å². The van der Waals surface area contributed by atoms with E-state index in [-0.39, 0.29) is 4.90 Å². The van der Waals surface area contributed by atoms with Gasteiger partial charge >= 0.3 is 6.18 Å². The first-order valence-electron chi connectivity index (χ1n) is 6.04. The van der Waals surface area contributed by atoms with Crippen molar-refractivity contribution in [1.82, 2.24) is 0 Å².